The van der Waals surface area contributed by atoms with E-state index in [2.05, 4.69) is 15.6 Å². The Bertz CT molecular complexity index is 649. The van der Waals surface area contributed by atoms with E-state index in [0.717, 1.165) is 0 Å². The van der Waals surface area contributed by atoms with Crippen molar-refractivity contribution >= 4 is 52.1 Å². The molecule has 0 aliphatic heterocycles. The summed E-state index contributed by atoms with van der Waals surface area (Å²) in [7, 11) is 0. The van der Waals surface area contributed by atoms with Crippen molar-refractivity contribution < 1.29 is 4.79 Å². The number of anilines is 1. The van der Waals surface area contributed by atoms with E-state index in [0.29, 0.717) is 16.3 Å². The summed E-state index contributed by atoms with van der Waals surface area (Å²) in [5.74, 6) is -0.304. The second kappa shape index (κ2) is 6.65. The van der Waals surface area contributed by atoms with Crippen molar-refractivity contribution in [2.45, 2.75) is 0 Å². The number of pyridine rings is 1. The zero-order chi connectivity index (χ0) is 14.5. The van der Waals surface area contributed by atoms with Crippen LogP contribution in [0.2, 0.25) is 10.2 Å². The van der Waals surface area contributed by atoms with Crippen LogP contribution in [0.5, 0.6) is 0 Å². The van der Waals surface area contributed by atoms with Crippen molar-refractivity contribution in [3.63, 3.8) is 0 Å². The number of amides is 1. The van der Waals surface area contributed by atoms with Gasteiger partial charge in [0.2, 0.25) is 0 Å². The molecule has 0 unspecified atom stereocenters. The highest BCUT2D eigenvalue weighted by Gasteiger charge is 2.09. The number of hydrogen-bond donors (Lipinski definition) is 2. The van der Waals surface area contributed by atoms with Crippen LogP contribution in [0.25, 0.3) is 0 Å². The van der Waals surface area contributed by atoms with Crippen LogP contribution in [0.4, 0.5) is 5.69 Å². The van der Waals surface area contributed by atoms with E-state index in [1.54, 1.807) is 24.3 Å². The molecule has 0 aliphatic carbocycles. The van der Waals surface area contributed by atoms with Crippen LogP contribution >= 0.6 is 35.4 Å². The van der Waals surface area contributed by atoms with Gasteiger partial charge in [0.15, 0.2) is 5.11 Å². The molecule has 1 amide bonds. The molecule has 4 nitrogen and oxygen atoms in total. The van der Waals surface area contributed by atoms with E-state index >= 15 is 0 Å². The average molecular weight is 326 g/mol. The zero-order valence-corrected chi connectivity index (χ0v) is 12.4. The maximum Gasteiger partial charge on any atom is 0.257 e. The number of rotatable bonds is 2. The summed E-state index contributed by atoms with van der Waals surface area (Å²) in [6, 6.07) is 10.2. The Morgan fingerprint density at radius 3 is 2.55 bits per heavy atom. The van der Waals surface area contributed by atoms with Gasteiger partial charge in [-0.1, -0.05) is 41.4 Å². The van der Waals surface area contributed by atoms with Gasteiger partial charge in [-0.15, -0.1) is 0 Å². The highest BCUT2D eigenvalue weighted by Crippen LogP contribution is 2.23. The summed E-state index contributed by atoms with van der Waals surface area (Å²) >= 11 is 16.7. The Morgan fingerprint density at radius 2 is 1.90 bits per heavy atom. The summed E-state index contributed by atoms with van der Waals surface area (Å²) in [6.07, 6.45) is 1.44. The summed E-state index contributed by atoms with van der Waals surface area (Å²) in [5, 5.41) is 6.10. The Hall–Kier alpha value is -1.69. The number of carbonyl (C=O) groups is 1. The van der Waals surface area contributed by atoms with Crippen molar-refractivity contribution in [2.75, 3.05) is 5.32 Å². The molecule has 0 saturated carbocycles. The second-order valence-corrected chi connectivity index (χ2v) is 4.96. The number of halogens is 2. The van der Waals surface area contributed by atoms with Crippen LogP contribution in [0.1, 0.15) is 10.4 Å². The molecule has 0 atom stereocenters. The fourth-order valence-corrected chi connectivity index (χ4v) is 2.03. The van der Waals surface area contributed by atoms with Crippen LogP contribution < -0.4 is 10.6 Å². The molecule has 0 bridgehead atoms. The fourth-order valence-electron chi connectivity index (χ4n) is 1.42. The molecule has 20 heavy (non-hydrogen) atoms. The number of thiocarbonyl (C=S) groups is 1. The average Bonchev–Trinajstić information content (AvgIpc) is 2.43. The van der Waals surface area contributed by atoms with Crippen LogP contribution in [0.15, 0.2) is 42.6 Å². The first-order chi connectivity index (χ1) is 9.56. The lowest BCUT2D eigenvalue weighted by molar-refractivity contribution is 0.0978. The number of carbonyl (C=O) groups excluding carboxylic acids is 1. The zero-order valence-electron chi connectivity index (χ0n) is 10.1. The van der Waals surface area contributed by atoms with E-state index in [9.17, 15) is 4.79 Å². The van der Waals surface area contributed by atoms with Gasteiger partial charge in [-0.05, 0) is 30.4 Å². The third-order valence-corrected chi connectivity index (χ3v) is 3.05. The molecule has 1 aromatic heterocycles. The summed E-state index contributed by atoms with van der Waals surface area (Å²) in [5.41, 5.74) is 0.978. The Balaban J connectivity index is 2.01. The predicted octanol–water partition coefficient (Wildman–Crippen LogP) is 3.52. The molecule has 0 saturated heterocycles. The maximum absolute atomic E-state index is 11.9. The van der Waals surface area contributed by atoms with Gasteiger partial charge in [0, 0.05) is 5.56 Å². The van der Waals surface area contributed by atoms with Gasteiger partial charge < -0.3 is 5.32 Å². The van der Waals surface area contributed by atoms with Gasteiger partial charge in [0.25, 0.3) is 5.91 Å². The monoisotopic (exact) mass is 325 g/mol. The van der Waals surface area contributed by atoms with Crippen molar-refractivity contribution in [3.05, 3.63) is 58.3 Å². The van der Waals surface area contributed by atoms with Crippen LogP contribution in [-0.2, 0) is 0 Å². The molecule has 1 aromatic carbocycles. The van der Waals surface area contributed by atoms with E-state index in [1.807, 2.05) is 6.07 Å². The minimum Gasteiger partial charge on any atom is -0.330 e. The first kappa shape index (κ1) is 14.7. The molecular formula is C13H9Cl2N3OS. The third-order valence-electron chi connectivity index (χ3n) is 2.33. The van der Waals surface area contributed by atoms with Crippen molar-refractivity contribution in [1.82, 2.24) is 10.3 Å². The van der Waals surface area contributed by atoms with Gasteiger partial charge in [-0.25, -0.2) is 4.98 Å². The summed E-state index contributed by atoms with van der Waals surface area (Å²) in [6.45, 7) is 0. The van der Waals surface area contributed by atoms with E-state index in [-0.39, 0.29) is 16.2 Å². The lowest BCUT2D eigenvalue weighted by Crippen LogP contribution is -2.34. The number of nitrogens with zero attached hydrogens (tertiary/aromatic N) is 1. The minimum absolute atomic E-state index is 0.130. The van der Waals surface area contributed by atoms with Crippen LogP contribution in [0.3, 0.4) is 0 Å². The topological polar surface area (TPSA) is 54.0 Å². The highest BCUT2D eigenvalue weighted by atomic mass is 35.5. The molecule has 0 aliphatic rings. The molecule has 0 spiro atoms. The first-order valence-electron chi connectivity index (χ1n) is 5.54. The Morgan fingerprint density at radius 1 is 1.20 bits per heavy atom. The third kappa shape index (κ3) is 3.90. The van der Waals surface area contributed by atoms with E-state index in [1.165, 1.54) is 12.3 Å². The standard InChI is InChI=1S/C13H9Cl2N3OS/c14-9-6-11(15)16-7-10(9)17-13(20)18-12(19)8-4-2-1-3-5-8/h1-7H,(H2,17,18,19,20). The number of benzene rings is 1. The maximum atomic E-state index is 11.9. The van der Waals surface area contributed by atoms with Crippen LogP contribution in [-0.4, -0.2) is 16.0 Å². The molecular weight excluding hydrogens is 317 g/mol. The largest absolute Gasteiger partial charge is 0.330 e. The van der Waals surface area contributed by atoms with Crippen LogP contribution in [0, 0.1) is 0 Å². The molecule has 0 radical (unpaired) electrons. The van der Waals surface area contributed by atoms with E-state index < -0.39 is 0 Å². The van der Waals surface area contributed by atoms with Crippen molar-refractivity contribution in [3.8, 4) is 0 Å². The molecule has 102 valence electrons. The number of aromatic nitrogens is 1. The predicted molar refractivity (Wildman–Crippen MR) is 84.4 cm³/mol. The second-order valence-electron chi connectivity index (χ2n) is 3.76. The van der Waals surface area contributed by atoms with Gasteiger partial charge in [0.05, 0.1) is 16.9 Å². The molecule has 2 rings (SSSR count). The molecule has 0 fully saturated rings. The molecule has 7 heteroatoms. The van der Waals surface area contributed by atoms with Gasteiger partial charge in [-0.2, -0.15) is 0 Å². The van der Waals surface area contributed by atoms with Gasteiger partial charge in [0.1, 0.15) is 5.15 Å². The van der Waals surface area contributed by atoms with Crippen molar-refractivity contribution in [1.29, 1.82) is 0 Å². The normalized spacial score (nSPS) is 9.90. The number of nitrogens with one attached hydrogen (secondary N) is 2. The van der Waals surface area contributed by atoms with Crippen molar-refractivity contribution in [2.24, 2.45) is 0 Å². The van der Waals surface area contributed by atoms with E-state index in [4.69, 9.17) is 35.4 Å². The minimum atomic E-state index is -0.304. The molecule has 1 heterocycles. The van der Waals surface area contributed by atoms with Gasteiger partial charge in [-0.3, -0.25) is 10.1 Å². The number of hydrogen-bond acceptors (Lipinski definition) is 3. The summed E-state index contributed by atoms with van der Waals surface area (Å²) < 4.78 is 0. The highest BCUT2D eigenvalue weighted by molar-refractivity contribution is 7.80. The Kier molecular flexibility index (Phi) is 4.89. The molecule has 2 aromatic rings. The van der Waals surface area contributed by atoms with Gasteiger partial charge >= 0.3 is 0 Å². The quantitative estimate of drug-likeness (QED) is 0.655. The fraction of sp³-hybridized carbons (Fsp3) is 0. The SMILES string of the molecule is O=C(NC(=S)Nc1cnc(Cl)cc1Cl)c1ccccc1. The smallest absolute Gasteiger partial charge is 0.257 e. The lowest BCUT2D eigenvalue weighted by atomic mass is 10.2. The first-order valence-corrected chi connectivity index (χ1v) is 6.71. The lowest BCUT2D eigenvalue weighted by Gasteiger charge is -2.10. The summed E-state index contributed by atoms with van der Waals surface area (Å²) in [4.78, 5) is 15.8. The molecule has 2 N–H and O–H groups in total. The Labute approximate surface area is 131 Å².